The first kappa shape index (κ1) is 19.0. The van der Waals surface area contributed by atoms with Crippen LogP contribution in [0, 0.1) is 5.82 Å². The maximum absolute atomic E-state index is 14.0. The Bertz CT molecular complexity index is 924. The van der Waals surface area contributed by atoms with Crippen molar-refractivity contribution in [2.75, 3.05) is 18.4 Å². The number of alkyl halides is 3. The van der Waals surface area contributed by atoms with Crippen molar-refractivity contribution >= 4 is 16.9 Å². The SMILES string of the molecule is CCNC[C@@H](Nc1ncnc2cccnc12)c1ccc(C(F)(F)F)c(F)c1. The van der Waals surface area contributed by atoms with Gasteiger partial charge in [0.2, 0.25) is 0 Å². The molecule has 0 radical (unpaired) electrons. The molecule has 1 atom stereocenters. The zero-order valence-electron chi connectivity index (χ0n) is 14.4. The first-order valence-electron chi connectivity index (χ1n) is 8.29. The molecule has 0 saturated carbocycles. The molecule has 0 unspecified atom stereocenters. The molecule has 0 aliphatic carbocycles. The number of pyridine rings is 1. The van der Waals surface area contributed by atoms with Crippen molar-refractivity contribution in [3.63, 3.8) is 0 Å². The number of nitrogens with one attached hydrogen (secondary N) is 2. The summed E-state index contributed by atoms with van der Waals surface area (Å²) < 4.78 is 52.5. The van der Waals surface area contributed by atoms with E-state index in [-0.39, 0.29) is 0 Å². The van der Waals surface area contributed by atoms with Gasteiger partial charge in [-0.3, -0.25) is 4.98 Å². The number of anilines is 1. The second-order valence-electron chi connectivity index (χ2n) is 5.84. The van der Waals surface area contributed by atoms with Gasteiger partial charge in [-0.25, -0.2) is 14.4 Å². The predicted octanol–water partition coefficient (Wildman–Crippen LogP) is 3.95. The van der Waals surface area contributed by atoms with Crippen LogP contribution >= 0.6 is 0 Å². The first-order valence-corrected chi connectivity index (χ1v) is 8.29. The summed E-state index contributed by atoms with van der Waals surface area (Å²) >= 11 is 0. The first-order chi connectivity index (χ1) is 12.9. The number of rotatable bonds is 6. The smallest absolute Gasteiger partial charge is 0.360 e. The van der Waals surface area contributed by atoms with Gasteiger partial charge in [0.1, 0.15) is 17.7 Å². The summed E-state index contributed by atoms with van der Waals surface area (Å²) in [4.78, 5) is 12.5. The second-order valence-corrected chi connectivity index (χ2v) is 5.84. The van der Waals surface area contributed by atoms with E-state index in [1.807, 2.05) is 6.92 Å². The lowest BCUT2D eigenvalue weighted by Gasteiger charge is -2.21. The third kappa shape index (κ3) is 4.30. The van der Waals surface area contributed by atoms with Crippen molar-refractivity contribution in [1.82, 2.24) is 20.3 Å². The number of hydrogen-bond donors (Lipinski definition) is 2. The van der Waals surface area contributed by atoms with Gasteiger partial charge in [0.25, 0.3) is 0 Å². The maximum Gasteiger partial charge on any atom is 0.419 e. The lowest BCUT2D eigenvalue weighted by atomic mass is 10.0. The number of hydrogen-bond acceptors (Lipinski definition) is 5. The molecule has 0 spiro atoms. The van der Waals surface area contributed by atoms with E-state index >= 15 is 0 Å². The molecular weight excluding hydrogens is 362 g/mol. The van der Waals surface area contributed by atoms with Crippen LogP contribution in [0.25, 0.3) is 11.0 Å². The molecule has 0 aliphatic heterocycles. The highest BCUT2D eigenvalue weighted by atomic mass is 19.4. The van der Waals surface area contributed by atoms with Crippen LogP contribution in [-0.4, -0.2) is 28.0 Å². The Morgan fingerprint density at radius 2 is 1.93 bits per heavy atom. The van der Waals surface area contributed by atoms with E-state index in [1.165, 1.54) is 12.4 Å². The van der Waals surface area contributed by atoms with Crippen molar-refractivity contribution in [3.8, 4) is 0 Å². The Labute approximate surface area is 152 Å². The zero-order valence-corrected chi connectivity index (χ0v) is 14.4. The van der Waals surface area contributed by atoms with Crippen LogP contribution in [0.15, 0.2) is 42.9 Å². The molecule has 0 aliphatic rings. The zero-order chi connectivity index (χ0) is 19.4. The van der Waals surface area contributed by atoms with Gasteiger partial charge < -0.3 is 10.6 Å². The Morgan fingerprint density at radius 1 is 1.11 bits per heavy atom. The van der Waals surface area contributed by atoms with E-state index < -0.39 is 23.6 Å². The van der Waals surface area contributed by atoms with Crippen LogP contribution in [0.4, 0.5) is 23.4 Å². The highest BCUT2D eigenvalue weighted by Crippen LogP contribution is 2.33. The van der Waals surface area contributed by atoms with Crippen LogP contribution < -0.4 is 10.6 Å². The van der Waals surface area contributed by atoms with E-state index in [0.717, 1.165) is 12.1 Å². The Morgan fingerprint density at radius 3 is 2.63 bits per heavy atom. The van der Waals surface area contributed by atoms with Gasteiger partial charge in [-0.1, -0.05) is 13.0 Å². The molecule has 3 rings (SSSR count). The van der Waals surface area contributed by atoms with Crippen LogP contribution in [0.2, 0.25) is 0 Å². The minimum atomic E-state index is -4.74. The fourth-order valence-electron chi connectivity index (χ4n) is 2.68. The fourth-order valence-corrected chi connectivity index (χ4v) is 2.68. The summed E-state index contributed by atoms with van der Waals surface area (Å²) in [5, 5.41) is 6.24. The van der Waals surface area contributed by atoms with E-state index in [2.05, 4.69) is 25.6 Å². The van der Waals surface area contributed by atoms with Crippen LogP contribution in [0.5, 0.6) is 0 Å². The highest BCUT2D eigenvalue weighted by Gasteiger charge is 2.34. The van der Waals surface area contributed by atoms with Gasteiger partial charge in [0.15, 0.2) is 5.82 Å². The van der Waals surface area contributed by atoms with Crippen LogP contribution in [-0.2, 0) is 6.18 Å². The molecule has 0 amide bonds. The van der Waals surface area contributed by atoms with Gasteiger partial charge in [-0.05, 0) is 36.4 Å². The molecule has 0 bridgehead atoms. The molecular formula is C18H17F4N5. The molecule has 3 aromatic rings. The minimum Gasteiger partial charge on any atom is -0.360 e. The number of nitrogens with zero attached hydrogens (tertiary/aromatic N) is 3. The number of likely N-dealkylation sites (N-methyl/N-ethyl adjacent to an activating group) is 1. The van der Waals surface area contributed by atoms with E-state index in [0.29, 0.717) is 35.5 Å². The number of fused-ring (bicyclic) bond motifs is 1. The fraction of sp³-hybridized carbons (Fsp3) is 0.278. The van der Waals surface area contributed by atoms with Gasteiger partial charge >= 0.3 is 6.18 Å². The predicted molar refractivity (Wildman–Crippen MR) is 93.6 cm³/mol. The molecule has 2 N–H and O–H groups in total. The number of benzene rings is 1. The molecule has 2 heterocycles. The highest BCUT2D eigenvalue weighted by molar-refractivity contribution is 5.84. The van der Waals surface area contributed by atoms with Gasteiger partial charge in [-0.15, -0.1) is 0 Å². The normalized spacial score (nSPS) is 12.9. The lowest BCUT2D eigenvalue weighted by molar-refractivity contribution is -0.140. The van der Waals surface area contributed by atoms with Crippen molar-refractivity contribution in [1.29, 1.82) is 0 Å². The third-order valence-electron chi connectivity index (χ3n) is 4.00. The average molecular weight is 379 g/mol. The Hall–Kier alpha value is -2.81. The summed E-state index contributed by atoms with van der Waals surface area (Å²) in [6.45, 7) is 2.90. The van der Waals surface area contributed by atoms with E-state index in [1.54, 1.807) is 18.3 Å². The van der Waals surface area contributed by atoms with Crippen LogP contribution in [0.3, 0.4) is 0 Å². The molecule has 27 heavy (non-hydrogen) atoms. The molecule has 2 aromatic heterocycles. The molecule has 9 heteroatoms. The molecule has 0 saturated heterocycles. The summed E-state index contributed by atoms with van der Waals surface area (Å²) in [5.74, 6) is -0.891. The maximum atomic E-state index is 14.0. The second kappa shape index (κ2) is 7.83. The van der Waals surface area contributed by atoms with Crippen molar-refractivity contribution in [3.05, 3.63) is 59.8 Å². The van der Waals surface area contributed by atoms with Gasteiger partial charge in [0.05, 0.1) is 17.1 Å². The molecule has 1 aromatic carbocycles. The topological polar surface area (TPSA) is 62.7 Å². The minimum absolute atomic E-state index is 0.361. The Kier molecular flexibility index (Phi) is 5.50. The van der Waals surface area contributed by atoms with Crippen LogP contribution in [0.1, 0.15) is 24.1 Å². The molecule has 5 nitrogen and oxygen atoms in total. The molecule has 142 valence electrons. The number of halogens is 4. The largest absolute Gasteiger partial charge is 0.419 e. The van der Waals surface area contributed by atoms with E-state index in [4.69, 9.17) is 0 Å². The van der Waals surface area contributed by atoms with Gasteiger partial charge in [0, 0.05) is 12.7 Å². The van der Waals surface area contributed by atoms with Crippen molar-refractivity contribution in [2.24, 2.45) is 0 Å². The average Bonchev–Trinajstić information content (AvgIpc) is 2.64. The standard InChI is InChI=1S/C18H17F4N5/c1-2-23-9-15(11-5-6-12(13(19)8-11)18(20,21)22)27-17-16-14(25-10-26-17)4-3-7-24-16/h3-8,10,15,23H,2,9H2,1H3,(H,25,26,27)/t15-/m1/s1. The lowest BCUT2D eigenvalue weighted by Crippen LogP contribution is -2.27. The summed E-state index contributed by atoms with van der Waals surface area (Å²) in [6, 6.07) is 5.91. The monoisotopic (exact) mass is 379 g/mol. The quantitative estimate of drug-likeness (QED) is 0.635. The summed E-state index contributed by atoms with van der Waals surface area (Å²) in [5.41, 5.74) is 0.219. The van der Waals surface area contributed by atoms with Gasteiger partial charge in [-0.2, -0.15) is 13.2 Å². The number of aromatic nitrogens is 3. The van der Waals surface area contributed by atoms with Crippen molar-refractivity contribution in [2.45, 2.75) is 19.1 Å². The van der Waals surface area contributed by atoms with E-state index in [9.17, 15) is 17.6 Å². The molecule has 0 fully saturated rings. The third-order valence-corrected chi connectivity index (χ3v) is 4.00. The summed E-state index contributed by atoms with van der Waals surface area (Å²) in [6.07, 6.45) is -1.78. The van der Waals surface area contributed by atoms with Crippen molar-refractivity contribution < 1.29 is 17.6 Å². The summed E-state index contributed by atoms with van der Waals surface area (Å²) in [7, 11) is 0. The Balaban J connectivity index is 1.96.